The predicted octanol–water partition coefficient (Wildman–Crippen LogP) is 3.36. The largest absolute Gasteiger partial charge is 0.480 e. The highest BCUT2D eigenvalue weighted by Crippen LogP contribution is 2.43. The molecular weight excluding hydrogens is 350 g/mol. The van der Waals surface area contributed by atoms with Crippen LogP contribution in [0.2, 0.25) is 5.02 Å². The molecule has 0 radical (unpaired) electrons. The van der Waals surface area contributed by atoms with E-state index in [2.05, 4.69) is 5.32 Å². The van der Waals surface area contributed by atoms with E-state index in [0.29, 0.717) is 33.4 Å². The predicted molar refractivity (Wildman–Crippen MR) is 92.9 cm³/mol. The standard InChI is InChI=1S/C17H20ClNO4S/c18-11-2-4-13(16(20)21)15(7-11)24-12-3-1-9-8-19-14(17(22)23)6-10(9)5-12/h2,4,7,9-10,12,14,19H,1,3,5-6,8H2,(H,20,21)(H,22,23)/t9?,10?,12-,14-/m0/s1. The van der Waals surface area contributed by atoms with E-state index in [9.17, 15) is 19.8 Å². The lowest BCUT2D eigenvalue weighted by atomic mass is 9.73. The van der Waals surface area contributed by atoms with Gasteiger partial charge in [-0.3, -0.25) is 4.79 Å². The van der Waals surface area contributed by atoms with Crippen molar-refractivity contribution in [3.8, 4) is 0 Å². The minimum atomic E-state index is -0.948. The average Bonchev–Trinajstić information content (AvgIpc) is 2.54. The number of hydrogen-bond acceptors (Lipinski definition) is 4. The van der Waals surface area contributed by atoms with Gasteiger partial charge in [0.1, 0.15) is 6.04 Å². The van der Waals surface area contributed by atoms with Crippen molar-refractivity contribution in [3.05, 3.63) is 28.8 Å². The molecule has 5 nitrogen and oxygen atoms in total. The fourth-order valence-electron chi connectivity index (χ4n) is 3.77. The molecule has 2 fully saturated rings. The van der Waals surface area contributed by atoms with E-state index >= 15 is 0 Å². The third kappa shape index (κ3) is 3.87. The van der Waals surface area contributed by atoms with Gasteiger partial charge in [0.25, 0.3) is 0 Å². The second kappa shape index (κ2) is 7.33. The van der Waals surface area contributed by atoms with Crippen LogP contribution in [0, 0.1) is 11.8 Å². The summed E-state index contributed by atoms with van der Waals surface area (Å²) in [6.45, 7) is 0.760. The molecule has 0 bridgehead atoms. The molecule has 1 aromatic carbocycles. The highest BCUT2D eigenvalue weighted by Gasteiger charge is 2.38. The molecule has 1 aromatic rings. The number of piperidine rings is 1. The van der Waals surface area contributed by atoms with E-state index in [4.69, 9.17) is 11.6 Å². The Labute approximate surface area is 149 Å². The van der Waals surface area contributed by atoms with Crippen molar-refractivity contribution < 1.29 is 19.8 Å². The van der Waals surface area contributed by atoms with Crippen LogP contribution in [-0.4, -0.2) is 40.0 Å². The molecule has 3 rings (SSSR count). The molecule has 4 atom stereocenters. The molecular formula is C17H20ClNO4S. The summed E-state index contributed by atoms with van der Waals surface area (Å²) in [5.41, 5.74) is 0.278. The molecule has 0 amide bonds. The second-order valence-electron chi connectivity index (χ2n) is 6.55. The van der Waals surface area contributed by atoms with Crippen LogP contribution in [-0.2, 0) is 4.79 Å². The number of thioether (sulfide) groups is 1. The Morgan fingerprint density at radius 3 is 2.67 bits per heavy atom. The zero-order valence-corrected chi connectivity index (χ0v) is 14.6. The molecule has 2 unspecified atom stereocenters. The van der Waals surface area contributed by atoms with Crippen molar-refractivity contribution in [2.24, 2.45) is 11.8 Å². The lowest BCUT2D eigenvalue weighted by molar-refractivity contribution is -0.141. The number of carbonyl (C=O) groups is 2. The van der Waals surface area contributed by atoms with Crippen molar-refractivity contribution in [1.29, 1.82) is 0 Å². The van der Waals surface area contributed by atoms with E-state index in [0.717, 1.165) is 25.8 Å². The van der Waals surface area contributed by atoms with E-state index in [1.54, 1.807) is 30.0 Å². The zero-order valence-electron chi connectivity index (χ0n) is 13.1. The van der Waals surface area contributed by atoms with Gasteiger partial charge in [-0.15, -0.1) is 11.8 Å². The van der Waals surface area contributed by atoms with Crippen LogP contribution in [0.1, 0.15) is 36.0 Å². The normalized spacial score (nSPS) is 29.7. The first-order valence-corrected chi connectivity index (χ1v) is 9.35. The molecule has 1 aliphatic heterocycles. The lowest BCUT2D eigenvalue weighted by Crippen LogP contribution is -2.49. The minimum Gasteiger partial charge on any atom is -0.480 e. The van der Waals surface area contributed by atoms with Crippen molar-refractivity contribution in [2.45, 2.75) is 41.9 Å². The summed E-state index contributed by atoms with van der Waals surface area (Å²) in [6, 6.07) is 4.39. The summed E-state index contributed by atoms with van der Waals surface area (Å²) in [5.74, 6) is -0.830. The van der Waals surface area contributed by atoms with Crippen LogP contribution >= 0.6 is 23.4 Å². The lowest BCUT2D eigenvalue weighted by Gasteiger charge is -2.41. The van der Waals surface area contributed by atoms with E-state index in [-0.39, 0.29) is 5.56 Å². The second-order valence-corrected chi connectivity index (χ2v) is 8.33. The van der Waals surface area contributed by atoms with E-state index < -0.39 is 18.0 Å². The Morgan fingerprint density at radius 2 is 1.96 bits per heavy atom. The maximum absolute atomic E-state index is 11.4. The van der Waals surface area contributed by atoms with Crippen LogP contribution in [0.4, 0.5) is 0 Å². The highest BCUT2D eigenvalue weighted by molar-refractivity contribution is 8.00. The maximum Gasteiger partial charge on any atom is 0.336 e. The van der Waals surface area contributed by atoms with Gasteiger partial charge in [-0.25, -0.2) is 4.79 Å². The summed E-state index contributed by atoms with van der Waals surface area (Å²) >= 11 is 7.59. The molecule has 1 saturated heterocycles. The summed E-state index contributed by atoms with van der Waals surface area (Å²) in [4.78, 5) is 23.3. The molecule has 0 spiro atoms. The Kier molecular flexibility index (Phi) is 5.37. The van der Waals surface area contributed by atoms with Crippen LogP contribution in [0.3, 0.4) is 0 Å². The first-order valence-electron chi connectivity index (χ1n) is 8.09. The fourth-order valence-corrected chi connectivity index (χ4v) is 5.44. The van der Waals surface area contributed by atoms with Crippen molar-refractivity contribution in [2.75, 3.05) is 6.54 Å². The molecule has 2 aliphatic rings. The van der Waals surface area contributed by atoms with Gasteiger partial charge >= 0.3 is 11.9 Å². The number of rotatable bonds is 4. The Hall–Kier alpha value is -1.24. The topological polar surface area (TPSA) is 86.6 Å². The number of halogens is 1. The van der Waals surface area contributed by atoms with E-state index in [1.165, 1.54) is 0 Å². The van der Waals surface area contributed by atoms with E-state index in [1.807, 2.05) is 0 Å². The van der Waals surface area contributed by atoms with Crippen LogP contribution in [0.15, 0.2) is 23.1 Å². The summed E-state index contributed by atoms with van der Waals surface area (Å²) in [6.07, 6.45) is 3.63. The quantitative estimate of drug-likeness (QED) is 0.754. The minimum absolute atomic E-state index is 0.278. The molecule has 0 aromatic heterocycles. The number of nitrogens with one attached hydrogen (secondary N) is 1. The summed E-state index contributed by atoms with van der Waals surface area (Å²) < 4.78 is 0. The van der Waals surface area contributed by atoms with Crippen LogP contribution in [0.5, 0.6) is 0 Å². The number of aliphatic carboxylic acids is 1. The number of fused-ring (bicyclic) bond motifs is 1. The van der Waals surface area contributed by atoms with Gasteiger partial charge in [0.05, 0.1) is 5.56 Å². The summed E-state index contributed by atoms with van der Waals surface area (Å²) in [5, 5.41) is 22.5. The first kappa shape index (κ1) is 17.6. The monoisotopic (exact) mass is 369 g/mol. The molecule has 24 heavy (non-hydrogen) atoms. The number of carboxylic acid groups (broad SMARTS) is 2. The molecule has 1 heterocycles. The van der Waals surface area contributed by atoms with Gasteiger partial charge in [0, 0.05) is 15.2 Å². The number of benzene rings is 1. The molecule has 7 heteroatoms. The Morgan fingerprint density at radius 1 is 1.17 bits per heavy atom. The third-order valence-electron chi connectivity index (χ3n) is 5.02. The third-order valence-corrected chi connectivity index (χ3v) is 6.61. The maximum atomic E-state index is 11.4. The van der Waals surface area contributed by atoms with Gasteiger partial charge < -0.3 is 15.5 Å². The molecule has 1 aliphatic carbocycles. The van der Waals surface area contributed by atoms with Crippen molar-refractivity contribution in [3.63, 3.8) is 0 Å². The Balaban J connectivity index is 1.70. The Bertz CT molecular complexity index is 653. The zero-order chi connectivity index (χ0) is 17.3. The fraction of sp³-hybridized carbons (Fsp3) is 0.529. The molecule has 3 N–H and O–H groups in total. The first-order chi connectivity index (χ1) is 11.4. The van der Waals surface area contributed by atoms with Gasteiger partial charge in [-0.2, -0.15) is 0 Å². The van der Waals surface area contributed by atoms with Gasteiger partial charge in [-0.05, 0) is 62.3 Å². The molecule has 130 valence electrons. The van der Waals surface area contributed by atoms with Crippen molar-refractivity contribution >= 4 is 35.3 Å². The van der Waals surface area contributed by atoms with Crippen LogP contribution in [0.25, 0.3) is 0 Å². The van der Waals surface area contributed by atoms with Gasteiger partial charge in [-0.1, -0.05) is 11.6 Å². The van der Waals surface area contributed by atoms with Gasteiger partial charge in [0.15, 0.2) is 0 Å². The van der Waals surface area contributed by atoms with Crippen molar-refractivity contribution in [1.82, 2.24) is 5.32 Å². The highest BCUT2D eigenvalue weighted by atomic mass is 35.5. The smallest absolute Gasteiger partial charge is 0.336 e. The summed E-state index contributed by atoms with van der Waals surface area (Å²) in [7, 11) is 0. The average molecular weight is 370 g/mol. The molecule has 1 saturated carbocycles. The number of aromatic carboxylic acids is 1. The van der Waals surface area contributed by atoms with Gasteiger partial charge in [0.2, 0.25) is 0 Å². The number of carboxylic acids is 2. The number of hydrogen-bond donors (Lipinski definition) is 3. The van der Waals surface area contributed by atoms with Crippen LogP contribution < -0.4 is 5.32 Å². The SMILES string of the molecule is O=C(O)c1ccc(Cl)cc1S[C@H]1CCC2CN[C@H](C(=O)O)CC2C1.